The summed E-state index contributed by atoms with van der Waals surface area (Å²) < 4.78 is 44.3. The first kappa shape index (κ1) is 30.3. The van der Waals surface area contributed by atoms with Crippen molar-refractivity contribution in [2.75, 3.05) is 44.3 Å². The molecule has 5 saturated heterocycles. The first-order valence-corrected chi connectivity index (χ1v) is 17.3. The average molecular weight is 672 g/mol. The Morgan fingerprint density at radius 3 is 2.58 bits per heavy atom. The smallest absolute Gasteiger partial charge is 0.319 e. The fraction of sp³-hybridized carbons (Fsp3) is 0.459. The number of nitrogens with zero attached hydrogens (tertiary/aromatic N) is 4. The summed E-state index contributed by atoms with van der Waals surface area (Å²) in [4.78, 5) is 14.3. The van der Waals surface area contributed by atoms with Gasteiger partial charge in [0, 0.05) is 66.1 Å². The highest BCUT2D eigenvalue weighted by Crippen LogP contribution is 2.48. The molecule has 0 radical (unpaired) electrons. The van der Waals surface area contributed by atoms with Crippen LogP contribution in [0.25, 0.3) is 32.8 Å². The maximum atomic E-state index is 17.1. The van der Waals surface area contributed by atoms with Crippen LogP contribution in [-0.2, 0) is 4.74 Å². The van der Waals surface area contributed by atoms with Crippen LogP contribution in [0.4, 0.5) is 14.6 Å². The Morgan fingerprint density at radius 1 is 1.08 bits per heavy atom. The highest BCUT2D eigenvalue weighted by molar-refractivity contribution is 6.35. The normalized spacial score (nSPS) is 25.9. The molecular weight excluding hydrogens is 636 g/mol. The second kappa shape index (κ2) is 11.4. The fourth-order valence-electron chi connectivity index (χ4n) is 8.45. The number of halogens is 3. The van der Waals surface area contributed by atoms with Crippen molar-refractivity contribution in [2.24, 2.45) is 5.41 Å². The molecule has 1 saturated carbocycles. The van der Waals surface area contributed by atoms with Crippen LogP contribution in [0.3, 0.4) is 0 Å². The molecule has 0 spiro atoms. The quantitative estimate of drug-likeness (QED) is 0.231. The molecule has 8 nitrogen and oxygen atoms in total. The number of fused-ring (bicyclic) bond motifs is 7. The Morgan fingerprint density at radius 2 is 1.90 bits per heavy atom. The van der Waals surface area contributed by atoms with E-state index in [-0.39, 0.29) is 49.8 Å². The van der Waals surface area contributed by atoms with Gasteiger partial charge in [-0.15, -0.1) is 6.42 Å². The van der Waals surface area contributed by atoms with Gasteiger partial charge in [0.1, 0.15) is 22.9 Å². The van der Waals surface area contributed by atoms with E-state index in [1.807, 2.05) is 0 Å². The number of nitrogens with one attached hydrogen (secondary N) is 1. The molecule has 4 unspecified atom stereocenters. The van der Waals surface area contributed by atoms with Crippen LogP contribution in [0, 0.1) is 29.4 Å². The molecule has 248 valence electrons. The van der Waals surface area contributed by atoms with Gasteiger partial charge in [0.15, 0.2) is 5.82 Å². The number of hydrogen-bond donors (Lipinski definition) is 2. The van der Waals surface area contributed by atoms with E-state index in [0.717, 1.165) is 51.8 Å². The standard InChI is InChI=1S/C37H36ClF2N5O3/c1-2-26-30(39)8-3-20-11-24(46)12-27(31(20)26)32-29(38)13-28-34(33(32)40)42-36(43-35(28)44-14-21-4-5-22(15-44)41-21)48-19-37(9-10-37)18-45-16-25-7-6-23(45)17-47-25/h1,3,8,11-13,21-23,25,41,46H,4-7,9-10,14-19H2. The maximum Gasteiger partial charge on any atom is 0.319 e. The van der Waals surface area contributed by atoms with E-state index in [2.05, 4.69) is 26.0 Å². The predicted molar refractivity (Wildman–Crippen MR) is 181 cm³/mol. The number of phenols is 1. The number of aromatic hydroxyl groups is 1. The number of terminal acetylenes is 1. The third-order valence-corrected chi connectivity index (χ3v) is 11.4. The second-order valence-corrected chi connectivity index (χ2v) is 14.8. The summed E-state index contributed by atoms with van der Waals surface area (Å²) in [5, 5.41) is 15.6. The van der Waals surface area contributed by atoms with Crippen LogP contribution < -0.4 is 15.0 Å². The number of rotatable bonds is 7. The molecule has 1 aliphatic carbocycles. The minimum Gasteiger partial charge on any atom is -0.508 e. The first-order valence-electron chi connectivity index (χ1n) is 16.9. The molecule has 6 heterocycles. The minimum absolute atomic E-state index is 0.00396. The van der Waals surface area contributed by atoms with Crippen molar-refractivity contribution in [1.29, 1.82) is 0 Å². The molecule has 6 aliphatic rings. The van der Waals surface area contributed by atoms with Crippen LogP contribution in [0.5, 0.6) is 11.8 Å². The zero-order valence-corrected chi connectivity index (χ0v) is 27.2. The molecule has 1 aromatic heterocycles. The van der Waals surface area contributed by atoms with Crippen molar-refractivity contribution in [3.8, 4) is 35.2 Å². The lowest BCUT2D eigenvalue weighted by Gasteiger charge is -2.46. The van der Waals surface area contributed by atoms with Crippen LogP contribution in [0.2, 0.25) is 5.02 Å². The first-order chi connectivity index (χ1) is 23.3. The van der Waals surface area contributed by atoms with Crippen molar-refractivity contribution < 1.29 is 23.4 Å². The van der Waals surface area contributed by atoms with Gasteiger partial charge in [-0.2, -0.15) is 9.97 Å². The Hall–Kier alpha value is -3.75. The molecule has 10 rings (SSSR count). The van der Waals surface area contributed by atoms with E-state index in [1.165, 1.54) is 30.7 Å². The molecule has 5 aliphatic heterocycles. The molecule has 6 fully saturated rings. The SMILES string of the molecule is C#Cc1c(F)ccc2cc(O)cc(-c3c(Cl)cc4c(N5CC6CCC(C5)N6)nc(OCC5(CN6CC7CCC6CO7)CC5)nc4c3F)c12. The number of anilines is 1. The Balaban J connectivity index is 1.14. The van der Waals surface area contributed by atoms with Crippen molar-refractivity contribution in [2.45, 2.75) is 62.8 Å². The van der Waals surface area contributed by atoms with Crippen molar-refractivity contribution in [1.82, 2.24) is 20.2 Å². The number of ether oxygens (including phenoxy) is 2. The number of aromatic nitrogens is 2. The van der Waals surface area contributed by atoms with E-state index in [0.29, 0.717) is 60.5 Å². The third-order valence-electron chi connectivity index (χ3n) is 11.1. The second-order valence-electron chi connectivity index (χ2n) is 14.4. The van der Waals surface area contributed by atoms with Gasteiger partial charge >= 0.3 is 6.01 Å². The van der Waals surface area contributed by atoms with E-state index < -0.39 is 11.6 Å². The monoisotopic (exact) mass is 671 g/mol. The molecule has 3 aromatic carbocycles. The lowest BCUT2D eigenvalue weighted by molar-refractivity contribution is -0.112. The number of piperidine rings is 1. The van der Waals surface area contributed by atoms with Gasteiger partial charge in [-0.3, -0.25) is 4.90 Å². The molecule has 48 heavy (non-hydrogen) atoms. The molecule has 2 N–H and O–H groups in total. The molecule has 4 bridgehead atoms. The Labute approximate surface area is 282 Å². The molecular formula is C37H36ClF2N5O3. The lowest BCUT2D eigenvalue weighted by Crippen LogP contribution is -2.56. The van der Waals surface area contributed by atoms with Gasteiger partial charge in [-0.25, -0.2) is 8.78 Å². The van der Waals surface area contributed by atoms with Gasteiger partial charge in [0.25, 0.3) is 0 Å². The number of benzene rings is 3. The topological polar surface area (TPSA) is 83.0 Å². The molecule has 0 amide bonds. The fourth-order valence-corrected chi connectivity index (χ4v) is 8.74. The summed E-state index contributed by atoms with van der Waals surface area (Å²) in [5.74, 6) is 1.51. The molecule has 4 atom stereocenters. The van der Waals surface area contributed by atoms with Crippen LogP contribution >= 0.6 is 11.6 Å². The predicted octanol–water partition coefficient (Wildman–Crippen LogP) is 6.03. The highest BCUT2D eigenvalue weighted by atomic mass is 35.5. The Bertz CT molecular complexity index is 2000. The minimum atomic E-state index is -0.714. The lowest BCUT2D eigenvalue weighted by atomic mass is 9.93. The van der Waals surface area contributed by atoms with Crippen molar-refractivity contribution >= 4 is 39.1 Å². The number of phenolic OH excluding ortho intramolecular Hbond substituents is 1. The average Bonchev–Trinajstić information content (AvgIpc) is 3.77. The summed E-state index contributed by atoms with van der Waals surface area (Å²) in [6, 6.07) is 8.42. The summed E-state index contributed by atoms with van der Waals surface area (Å²) in [6.07, 6.45) is 12.6. The third kappa shape index (κ3) is 5.14. The number of hydrogen-bond acceptors (Lipinski definition) is 8. The summed E-state index contributed by atoms with van der Waals surface area (Å²) in [5.41, 5.74) is 0.172. The van der Waals surface area contributed by atoms with E-state index in [9.17, 15) is 9.50 Å². The van der Waals surface area contributed by atoms with Crippen molar-refractivity contribution in [3.05, 3.63) is 52.6 Å². The summed E-state index contributed by atoms with van der Waals surface area (Å²) >= 11 is 6.90. The Kier molecular flexibility index (Phi) is 7.21. The van der Waals surface area contributed by atoms with Crippen LogP contribution in [0.1, 0.15) is 44.1 Å². The number of piperazine rings is 1. The zero-order valence-electron chi connectivity index (χ0n) is 26.4. The van der Waals surface area contributed by atoms with Crippen LogP contribution in [0.15, 0.2) is 30.3 Å². The zero-order chi connectivity index (χ0) is 32.7. The number of morpholine rings is 1. The van der Waals surface area contributed by atoms with Gasteiger partial charge in [0.05, 0.1) is 29.9 Å². The van der Waals surface area contributed by atoms with E-state index >= 15 is 4.39 Å². The maximum absolute atomic E-state index is 17.1. The summed E-state index contributed by atoms with van der Waals surface area (Å²) in [7, 11) is 0. The van der Waals surface area contributed by atoms with Gasteiger partial charge < -0.3 is 24.8 Å². The summed E-state index contributed by atoms with van der Waals surface area (Å²) in [6.45, 7) is 4.55. The highest BCUT2D eigenvalue weighted by Gasteiger charge is 2.48. The van der Waals surface area contributed by atoms with Crippen molar-refractivity contribution in [3.63, 3.8) is 0 Å². The molecule has 4 aromatic rings. The van der Waals surface area contributed by atoms with Gasteiger partial charge in [0.2, 0.25) is 0 Å². The van der Waals surface area contributed by atoms with E-state index in [4.69, 9.17) is 32.5 Å². The largest absolute Gasteiger partial charge is 0.508 e. The molecule has 11 heteroatoms. The van der Waals surface area contributed by atoms with Gasteiger partial charge in [-0.1, -0.05) is 23.6 Å². The van der Waals surface area contributed by atoms with E-state index in [1.54, 1.807) is 6.07 Å². The van der Waals surface area contributed by atoms with Gasteiger partial charge in [-0.05, 0) is 73.7 Å². The van der Waals surface area contributed by atoms with Crippen LogP contribution in [-0.4, -0.2) is 83.6 Å².